The molecule has 0 aliphatic heterocycles. The SMILES string of the molecule is Cn1cnc2ccc(-c3cccc(-c4cc(-c5ccnc(-c6ccnc(-c7cc8ccc9cc(-c%10cc(-c%11ccccn%11)ccn%10)c%10ccccc%10c9c8c8ccccc78)c6)c5)c5ccc6ccc7ccc8ccccc8c7c6c5c4)c3)cc21. The average Bonchev–Trinajstić information content (AvgIpc) is 1.58. The van der Waals surface area contributed by atoms with E-state index >= 15 is 0 Å². The van der Waals surface area contributed by atoms with Crippen molar-refractivity contribution in [2.45, 2.75) is 0 Å². The van der Waals surface area contributed by atoms with Gasteiger partial charge in [0.1, 0.15) is 0 Å². The fourth-order valence-corrected chi connectivity index (χ4v) is 13.3. The Labute approximate surface area is 483 Å². The fraction of sp³-hybridized carbons (Fsp3) is 0.0128. The first kappa shape index (κ1) is 47.6. The van der Waals surface area contributed by atoms with E-state index in [1.54, 1.807) is 0 Å². The number of aryl methyl sites for hydroxylation is 1. The summed E-state index contributed by atoms with van der Waals surface area (Å²) in [7, 11) is 2.05. The predicted octanol–water partition coefficient (Wildman–Crippen LogP) is 20.0. The van der Waals surface area contributed by atoms with Crippen molar-refractivity contribution in [1.29, 1.82) is 0 Å². The first-order valence-corrected chi connectivity index (χ1v) is 28.5. The average molecular weight is 1070 g/mol. The van der Waals surface area contributed by atoms with Crippen molar-refractivity contribution in [3.05, 3.63) is 274 Å². The third-order valence-electron chi connectivity index (χ3n) is 17.3. The van der Waals surface area contributed by atoms with Crippen LogP contribution < -0.4 is 0 Å². The van der Waals surface area contributed by atoms with Crippen LogP contribution in [0.15, 0.2) is 274 Å². The minimum atomic E-state index is 0.873. The van der Waals surface area contributed by atoms with Gasteiger partial charge in [-0.1, -0.05) is 152 Å². The molecular weight excluding hydrogens is 1020 g/mol. The van der Waals surface area contributed by atoms with Crippen LogP contribution in [0.1, 0.15) is 0 Å². The Balaban J connectivity index is 0.815. The molecular formula is C78H48N6. The Morgan fingerprint density at radius 3 is 1.45 bits per heavy atom. The van der Waals surface area contributed by atoms with E-state index in [9.17, 15) is 0 Å². The maximum Gasteiger partial charge on any atom is 0.0955 e. The van der Waals surface area contributed by atoms with E-state index in [4.69, 9.17) is 15.0 Å². The van der Waals surface area contributed by atoms with Gasteiger partial charge in [0.05, 0.1) is 40.1 Å². The van der Waals surface area contributed by atoms with Gasteiger partial charge in [-0.15, -0.1) is 0 Å². The van der Waals surface area contributed by atoms with E-state index in [0.29, 0.717) is 0 Å². The van der Waals surface area contributed by atoms with Crippen molar-refractivity contribution in [3.63, 3.8) is 0 Å². The normalized spacial score (nSPS) is 11.9. The summed E-state index contributed by atoms with van der Waals surface area (Å²) in [4.78, 5) is 24.4. The van der Waals surface area contributed by atoms with E-state index in [1.807, 2.05) is 55.4 Å². The molecule has 17 aromatic rings. The second kappa shape index (κ2) is 18.9. The van der Waals surface area contributed by atoms with Crippen LogP contribution in [0.5, 0.6) is 0 Å². The molecule has 0 fully saturated rings. The topological polar surface area (TPSA) is 69.4 Å². The standard InChI is InChI=1S/C78H48N6/c1-84-46-83-70-29-27-52(45-74(70)84)50-12-10-13-51(37-50)58-40-65(62-28-26-49-23-22-48-21-20-47-11-2-3-14-59(47)75(48)76(49)68(62)41-58)53-30-34-80-71(42-53)55-32-36-82-73(44-55)67-39-57-25-24-56-38-66(72-43-54(31-35-81-72)69-19-8-9-33-79-69)60-15-4-6-17-63(60)77(56)78(57)64-18-7-5-16-61(64)67/h2-46H,1H3. The summed E-state index contributed by atoms with van der Waals surface area (Å²) in [6.45, 7) is 0. The van der Waals surface area contributed by atoms with Gasteiger partial charge < -0.3 is 4.57 Å². The number of fused-ring (bicyclic) bond motifs is 15. The van der Waals surface area contributed by atoms with Crippen molar-refractivity contribution in [2.75, 3.05) is 0 Å². The molecule has 0 aliphatic carbocycles. The van der Waals surface area contributed by atoms with Crippen molar-refractivity contribution in [2.24, 2.45) is 7.05 Å². The van der Waals surface area contributed by atoms with Crippen LogP contribution in [0, 0.1) is 0 Å². The lowest BCUT2D eigenvalue weighted by Gasteiger charge is -2.17. The van der Waals surface area contributed by atoms with E-state index in [1.165, 1.54) is 64.6 Å². The molecule has 0 radical (unpaired) electrons. The molecule has 0 spiro atoms. The van der Waals surface area contributed by atoms with Crippen LogP contribution in [0.3, 0.4) is 0 Å². The first-order valence-electron chi connectivity index (χ1n) is 28.5. The maximum atomic E-state index is 5.12. The molecule has 390 valence electrons. The molecule has 17 rings (SSSR count). The van der Waals surface area contributed by atoms with Crippen molar-refractivity contribution < 1.29 is 0 Å². The Kier molecular flexibility index (Phi) is 10.7. The van der Waals surface area contributed by atoms with Gasteiger partial charge in [0, 0.05) is 54.1 Å². The van der Waals surface area contributed by atoms with Gasteiger partial charge >= 0.3 is 0 Å². The quantitative estimate of drug-likeness (QED) is 0.149. The molecule has 84 heavy (non-hydrogen) atoms. The third-order valence-corrected chi connectivity index (χ3v) is 17.3. The van der Waals surface area contributed by atoms with Gasteiger partial charge in [-0.25, -0.2) is 4.98 Å². The van der Waals surface area contributed by atoms with Crippen LogP contribution >= 0.6 is 0 Å². The highest BCUT2D eigenvalue weighted by molar-refractivity contribution is 6.31. The smallest absolute Gasteiger partial charge is 0.0955 e. The van der Waals surface area contributed by atoms with E-state index in [-0.39, 0.29) is 0 Å². The number of hydrogen-bond acceptors (Lipinski definition) is 5. The molecule has 0 saturated heterocycles. The second-order valence-corrected chi connectivity index (χ2v) is 22.1. The molecule has 5 heterocycles. The summed E-state index contributed by atoms with van der Waals surface area (Å²) in [6.07, 6.45) is 9.50. The molecule has 6 heteroatoms. The molecule has 0 atom stereocenters. The number of rotatable bonds is 7. The maximum absolute atomic E-state index is 5.12. The zero-order chi connectivity index (χ0) is 55.4. The number of benzene rings is 12. The van der Waals surface area contributed by atoms with Crippen molar-refractivity contribution in [1.82, 2.24) is 29.5 Å². The Bertz CT molecular complexity index is 5580. The number of hydrogen-bond donors (Lipinski definition) is 0. The summed E-state index contributed by atoms with van der Waals surface area (Å²) in [6, 6.07) is 88.4. The van der Waals surface area contributed by atoms with Gasteiger partial charge in [0.25, 0.3) is 0 Å². The molecule has 6 nitrogen and oxygen atoms in total. The van der Waals surface area contributed by atoms with Crippen molar-refractivity contribution in [3.8, 4) is 78.4 Å². The van der Waals surface area contributed by atoms with Gasteiger partial charge in [0.15, 0.2) is 0 Å². The Morgan fingerprint density at radius 2 is 0.762 bits per heavy atom. The third kappa shape index (κ3) is 7.69. The van der Waals surface area contributed by atoms with Crippen molar-refractivity contribution >= 4 is 97.2 Å². The largest absolute Gasteiger partial charge is 0.334 e. The van der Waals surface area contributed by atoms with Crippen LogP contribution in [0.4, 0.5) is 0 Å². The molecule has 0 aliphatic rings. The molecule has 0 bridgehead atoms. The van der Waals surface area contributed by atoms with E-state index in [0.717, 1.165) is 111 Å². The summed E-state index contributed by atoms with van der Waals surface area (Å²) < 4.78 is 2.08. The fourth-order valence-electron chi connectivity index (χ4n) is 13.3. The molecule has 0 amide bonds. The number of nitrogens with zero attached hydrogens (tertiary/aromatic N) is 6. The number of imidazole rings is 1. The minimum absolute atomic E-state index is 0.873. The monoisotopic (exact) mass is 1070 g/mol. The highest BCUT2D eigenvalue weighted by atomic mass is 15.0. The van der Waals surface area contributed by atoms with Crippen LogP contribution in [-0.4, -0.2) is 29.5 Å². The summed E-state index contributed by atoms with van der Waals surface area (Å²) in [5.74, 6) is 0. The molecule has 0 N–H and O–H groups in total. The lowest BCUT2D eigenvalue weighted by atomic mass is 9.87. The lowest BCUT2D eigenvalue weighted by Crippen LogP contribution is -1.93. The zero-order valence-corrected chi connectivity index (χ0v) is 45.7. The second-order valence-electron chi connectivity index (χ2n) is 22.1. The van der Waals surface area contributed by atoms with E-state index < -0.39 is 0 Å². The van der Waals surface area contributed by atoms with Crippen LogP contribution in [-0.2, 0) is 7.05 Å². The van der Waals surface area contributed by atoms with E-state index in [2.05, 4.69) is 240 Å². The summed E-state index contributed by atoms with van der Waals surface area (Å²) >= 11 is 0. The highest BCUT2D eigenvalue weighted by Gasteiger charge is 2.20. The van der Waals surface area contributed by atoms with Gasteiger partial charge in [-0.2, -0.15) is 0 Å². The number of pyridine rings is 4. The van der Waals surface area contributed by atoms with Gasteiger partial charge in [-0.3, -0.25) is 19.9 Å². The zero-order valence-electron chi connectivity index (χ0n) is 45.7. The van der Waals surface area contributed by atoms with Gasteiger partial charge in [0.2, 0.25) is 0 Å². The Morgan fingerprint density at radius 1 is 0.250 bits per heavy atom. The molecule has 0 saturated carbocycles. The number of aromatic nitrogens is 6. The van der Waals surface area contributed by atoms with Crippen LogP contribution in [0.25, 0.3) is 176 Å². The van der Waals surface area contributed by atoms with Crippen LogP contribution in [0.2, 0.25) is 0 Å². The molecule has 12 aromatic carbocycles. The molecule has 5 aromatic heterocycles. The van der Waals surface area contributed by atoms with Gasteiger partial charge in [-0.05, 0) is 211 Å². The first-order chi connectivity index (χ1) is 41.5. The summed E-state index contributed by atoms with van der Waals surface area (Å²) in [5.41, 5.74) is 16.7. The predicted molar refractivity (Wildman–Crippen MR) is 350 cm³/mol. The lowest BCUT2D eigenvalue weighted by molar-refractivity contribution is 0.948. The summed E-state index contributed by atoms with van der Waals surface area (Å²) in [5, 5.41) is 19.2. The Hall–Kier alpha value is -11.2. The molecule has 0 unspecified atom stereocenters. The minimum Gasteiger partial charge on any atom is -0.334 e. The highest BCUT2D eigenvalue weighted by Crippen LogP contribution is 2.46.